The van der Waals surface area contributed by atoms with E-state index in [9.17, 15) is 31.1 Å². The fourth-order valence-corrected chi connectivity index (χ4v) is 4.35. The second kappa shape index (κ2) is 9.51. The van der Waals surface area contributed by atoms with Gasteiger partial charge in [0.05, 0.1) is 18.0 Å². The Labute approximate surface area is 190 Å². The Balaban J connectivity index is 1.20. The highest BCUT2D eigenvalue weighted by atomic mass is 19.4. The van der Waals surface area contributed by atoms with E-state index < -0.39 is 24.3 Å². The van der Waals surface area contributed by atoms with Crippen molar-refractivity contribution in [3.05, 3.63) is 35.8 Å². The minimum Gasteiger partial charge on any atom is -0.425 e. The van der Waals surface area contributed by atoms with Gasteiger partial charge in [-0.2, -0.15) is 13.2 Å². The van der Waals surface area contributed by atoms with Crippen LogP contribution in [0.5, 0.6) is 0 Å². The predicted octanol–water partition coefficient (Wildman–Crippen LogP) is 5.57. The molecule has 2 saturated carbocycles. The first-order valence-electron chi connectivity index (χ1n) is 10.9. The van der Waals surface area contributed by atoms with E-state index in [1.807, 2.05) is 0 Å². The van der Waals surface area contributed by atoms with Gasteiger partial charge < -0.3 is 9.73 Å². The lowest BCUT2D eigenvalue weighted by atomic mass is 9.80. The molecular formula is C21H22F6N4O3. The Bertz CT molecular complexity index is 978. The van der Waals surface area contributed by atoms with Gasteiger partial charge in [0.25, 0.3) is 0 Å². The maximum absolute atomic E-state index is 12.6. The van der Waals surface area contributed by atoms with Gasteiger partial charge in [-0.1, -0.05) is 0 Å². The predicted molar refractivity (Wildman–Crippen MR) is 104 cm³/mol. The molecule has 7 nitrogen and oxygen atoms in total. The Morgan fingerprint density at radius 1 is 1.00 bits per heavy atom. The summed E-state index contributed by atoms with van der Waals surface area (Å²) in [5.74, 6) is 0.353. The van der Waals surface area contributed by atoms with Crippen molar-refractivity contribution in [2.45, 2.75) is 75.4 Å². The molecule has 0 spiro atoms. The molecule has 13 heteroatoms. The van der Waals surface area contributed by atoms with Crippen LogP contribution in [0.2, 0.25) is 0 Å². The van der Waals surface area contributed by atoms with E-state index in [4.69, 9.17) is 4.42 Å². The van der Waals surface area contributed by atoms with Gasteiger partial charge in [-0.25, -0.2) is 4.98 Å². The van der Waals surface area contributed by atoms with Gasteiger partial charge in [0.1, 0.15) is 5.69 Å². The van der Waals surface area contributed by atoms with Crippen molar-refractivity contribution < 1.29 is 40.3 Å². The molecule has 2 aliphatic carbocycles. The highest BCUT2D eigenvalue weighted by molar-refractivity contribution is 5.90. The summed E-state index contributed by atoms with van der Waals surface area (Å²) in [6, 6.07) is 1.98. The molecule has 2 aromatic rings. The van der Waals surface area contributed by atoms with Crippen molar-refractivity contribution >= 4 is 11.6 Å². The summed E-state index contributed by atoms with van der Waals surface area (Å²) in [5.41, 5.74) is -0.830. The zero-order valence-corrected chi connectivity index (χ0v) is 17.8. The molecule has 2 aromatic heterocycles. The van der Waals surface area contributed by atoms with Gasteiger partial charge in [0.15, 0.2) is 0 Å². The van der Waals surface area contributed by atoms with Crippen LogP contribution >= 0.6 is 0 Å². The maximum Gasteiger partial charge on any atom is 0.522 e. The number of carbonyl (C=O) groups is 1. The highest BCUT2D eigenvalue weighted by Crippen LogP contribution is 2.42. The molecule has 0 saturated heterocycles. The highest BCUT2D eigenvalue weighted by Gasteiger charge is 2.42. The molecule has 34 heavy (non-hydrogen) atoms. The van der Waals surface area contributed by atoms with E-state index >= 15 is 0 Å². The van der Waals surface area contributed by atoms with E-state index in [0.717, 1.165) is 31.2 Å². The molecule has 0 radical (unpaired) electrons. The number of nitrogens with zero attached hydrogens (tertiary/aromatic N) is 3. The van der Waals surface area contributed by atoms with Gasteiger partial charge >= 0.3 is 12.5 Å². The van der Waals surface area contributed by atoms with Crippen molar-refractivity contribution in [1.82, 2.24) is 15.2 Å². The quantitative estimate of drug-likeness (QED) is 0.531. The van der Waals surface area contributed by atoms with Crippen LogP contribution in [0.4, 0.5) is 32.0 Å². The molecular weight excluding hydrogens is 470 g/mol. The van der Waals surface area contributed by atoms with E-state index in [2.05, 4.69) is 25.2 Å². The number of anilines is 1. The molecule has 0 aliphatic heterocycles. The summed E-state index contributed by atoms with van der Waals surface area (Å²) >= 11 is 0. The number of halogens is 6. The maximum atomic E-state index is 12.6. The van der Waals surface area contributed by atoms with Crippen LogP contribution in [0.25, 0.3) is 0 Å². The molecule has 2 heterocycles. The molecule has 4 rings (SSSR count). The lowest BCUT2D eigenvalue weighted by molar-refractivity contribution is -0.352. The number of hydrogen-bond acceptors (Lipinski definition) is 6. The third-order valence-electron chi connectivity index (χ3n) is 6.21. The Morgan fingerprint density at radius 2 is 1.65 bits per heavy atom. The zero-order chi connectivity index (χ0) is 24.5. The molecule has 186 valence electrons. The van der Waals surface area contributed by atoms with Crippen molar-refractivity contribution in [2.24, 2.45) is 5.92 Å². The summed E-state index contributed by atoms with van der Waals surface area (Å²) in [5, 5.41) is 10.6. The van der Waals surface area contributed by atoms with Gasteiger partial charge in [-0.3, -0.25) is 9.53 Å². The SMILES string of the molecule is O=C(CC1CCC(c2nnc(C3CC(OC(F)(F)F)C3)o2)CC1)Nc1ccc(C(F)(F)F)nc1. The average Bonchev–Trinajstić information content (AvgIpc) is 3.19. The molecule has 0 unspecified atom stereocenters. The van der Waals surface area contributed by atoms with Crippen LogP contribution < -0.4 is 5.32 Å². The summed E-state index contributed by atoms with van der Waals surface area (Å²) in [6.07, 6.45) is -5.64. The first kappa shape index (κ1) is 24.4. The second-order valence-corrected chi connectivity index (χ2v) is 8.73. The smallest absolute Gasteiger partial charge is 0.425 e. The van der Waals surface area contributed by atoms with Crippen molar-refractivity contribution in [3.8, 4) is 0 Å². The number of amides is 1. The molecule has 2 aliphatic rings. The molecule has 0 bridgehead atoms. The Kier molecular flexibility index (Phi) is 6.83. The molecule has 1 amide bonds. The number of pyridine rings is 1. The van der Waals surface area contributed by atoms with Crippen LogP contribution in [0.3, 0.4) is 0 Å². The van der Waals surface area contributed by atoms with Crippen LogP contribution in [-0.4, -0.2) is 33.6 Å². The molecule has 0 atom stereocenters. The monoisotopic (exact) mass is 492 g/mol. The number of hydrogen-bond donors (Lipinski definition) is 1. The summed E-state index contributed by atoms with van der Waals surface area (Å²) in [4.78, 5) is 15.6. The zero-order valence-electron chi connectivity index (χ0n) is 17.8. The van der Waals surface area contributed by atoms with Crippen LogP contribution in [0.15, 0.2) is 22.7 Å². The van der Waals surface area contributed by atoms with Gasteiger partial charge in [0.2, 0.25) is 17.7 Å². The number of carbonyl (C=O) groups excluding carboxylic acids is 1. The first-order valence-corrected chi connectivity index (χ1v) is 10.9. The van der Waals surface area contributed by atoms with E-state index in [1.54, 1.807) is 0 Å². The Morgan fingerprint density at radius 3 is 2.21 bits per heavy atom. The first-order chi connectivity index (χ1) is 16.0. The van der Waals surface area contributed by atoms with Crippen LogP contribution in [0, 0.1) is 5.92 Å². The summed E-state index contributed by atoms with van der Waals surface area (Å²) in [6.45, 7) is 0. The fourth-order valence-electron chi connectivity index (χ4n) is 4.35. The summed E-state index contributed by atoms with van der Waals surface area (Å²) < 4.78 is 84.1. The number of ether oxygens (including phenoxy) is 1. The van der Waals surface area contributed by atoms with Crippen molar-refractivity contribution in [2.75, 3.05) is 5.32 Å². The molecule has 1 N–H and O–H groups in total. The topological polar surface area (TPSA) is 90.1 Å². The van der Waals surface area contributed by atoms with E-state index in [-0.39, 0.29) is 48.6 Å². The lowest BCUT2D eigenvalue weighted by Crippen LogP contribution is -2.34. The number of aromatic nitrogens is 3. The normalized spacial score (nSPS) is 25.6. The fraction of sp³-hybridized carbons (Fsp3) is 0.619. The number of nitrogens with one attached hydrogen (secondary N) is 1. The third-order valence-corrected chi connectivity index (χ3v) is 6.21. The average molecular weight is 492 g/mol. The molecule has 2 fully saturated rings. The van der Waals surface area contributed by atoms with Crippen molar-refractivity contribution in [3.63, 3.8) is 0 Å². The van der Waals surface area contributed by atoms with E-state index in [1.165, 1.54) is 0 Å². The standard InChI is InChI=1S/C21H22F6N4O3/c22-20(23,24)16-6-5-14(10-28-16)29-17(32)7-11-1-3-12(4-2-11)18-30-31-19(33-18)13-8-15(9-13)34-21(25,26)27/h5-6,10-13,15H,1-4,7-9H2,(H,29,32). The largest absolute Gasteiger partial charge is 0.522 e. The van der Waals surface area contributed by atoms with Crippen molar-refractivity contribution in [1.29, 1.82) is 0 Å². The van der Waals surface area contributed by atoms with Gasteiger partial charge in [-0.05, 0) is 56.6 Å². The minimum absolute atomic E-state index is 0.0157. The third kappa shape index (κ3) is 6.24. The minimum atomic E-state index is -4.65. The van der Waals surface area contributed by atoms with Crippen LogP contribution in [0.1, 0.15) is 74.3 Å². The van der Waals surface area contributed by atoms with Gasteiger partial charge in [0, 0.05) is 18.3 Å². The molecule has 0 aromatic carbocycles. The van der Waals surface area contributed by atoms with Gasteiger partial charge in [-0.15, -0.1) is 23.4 Å². The summed E-state index contributed by atoms with van der Waals surface area (Å²) in [7, 11) is 0. The number of rotatable bonds is 6. The number of alkyl halides is 6. The second-order valence-electron chi connectivity index (χ2n) is 8.73. The van der Waals surface area contributed by atoms with E-state index in [0.29, 0.717) is 24.6 Å². The Hall–Kier alpha value is -2.70. The lowest BCUT2D eigenvalue weighted by Gasteiger charge is -2.32. The van der Waals surface area contributed by atoms with Crippen LogP contribution in [-0.2, 0) is 15.7 Å².